The van der Waals surface area contributed by atoms with Gasteiger partial charge in [-0.2, -0.15) is 0 Å². The molecule has 0 fully saturated rings. The molecule has 0 bridgehead atoms. The highest BCUT2D eigenvalue weighted by atomic mass is 32.1. The van der Waals surface area contributed by atoms with Crippen LogP contribution in [0.2, 0.25) is 0 Å². The standard InChI is InChI=1S/C12H18N2O3S/c1-4-12(5-2,10(16)17)6-9(15)14-11-13-7-8(3)18-11/h7H,4-6H2,1-3H3,(H,16,17)(H,13,14,15). The van der Waals surface area contributed by atoms with Crippen molar-refractivity contribution in [2.24, 2.45) is 5.41 Å². The molecule has 0 saturated heterocycles. The minimum absolute atomic E-state index is 0.0199. The molecule has 18 heavy (non-hydrogen) atoms. The third-order valence-corrected chi connectivity index (χ3v) is 4.00. The number of hydrogen-bond acceptors (Lipinski definition) is 4. The maximum atomic E-state index is 11.9. The van der Waals surface area contributed by atoms with Crippen molar-refractivity contribution >= 4 is 28.3 Å². The Labute approximate surface area is 110 Å². The van der Waals surface area contributed by atoms with Gasteiger partial charge in [-0.3, -0.25) is 9.59 Å². The molecule has 2 N–H and O–H groups in total. The van der Waals surface area contributed by atoms with E-state index in [0.29, 0.717) is 18.0 Å². The van der Waals surface area contributed by atoms with Crippen LogP contribution in [0.5, 0.6) is 0 Å². The Bertz CT molecular complexity index is 438. The second kappa shape index (κ2) is 5.95. The number of carbonyl (C=O) groups excluding carboxylic acids is 1. The lowest BCUT2D eigenvalue weighted by Gasteiger charge is -2.25. The largest absolute Gasteiger partial charge is 0.481 e. The van der Waals surface area contributed by atoms with Crippen LogP contribution >= 0.6 is 11.3 Å². The Balaban J connectivity index is 2.70. The Hall–Kier alpha value is -1.43. The molecule has 0 radical (unpaired) electrons. The van der Waals surface area contributed by atoms with Gasteiger partial charge in [0.05, 0.1) is 5.41 Å². The number of carboxylic acids is 1. The summed E-state index contributed by atoms with van der Waals surface area (Å²) in [7, 11) is 0. The molecule has 0 unspecified atom stereocenters. The van der Waals surface area contributed by atoms with E-state index < -0.39 is 11.4 Å². The molecular formula is C12H18N2O3S. The van der Waals surface area contributed by atoms with Crippen LogP contribution in [-0.2, 0) is 9.59 Å². The number of nitrogens with one attached hydrogen (secondary N) is 1. The molecule has 0 aromatic carbocycles. The molecule has 0 saturated carbocycles. The summed E-state index contributed by atoms with van der Waals surface area (Å²) in [6, 6.07) is 0. The van der Waals surface area contributed by atoms with Crippen LogP contribution in [0, 0.1) is 12.3 Å². The number of aryl methyl sites for hydroxylation is 1. The number of nitrogens with zero attached hydrogens (tertiary/aromatic N) is 1. The van der Waals surface area contributed by atoms with E-state index in [1.54, 1.807) is 20.0 Å². The van der Waals surface area contributed by atoms with Crippen LogP contribution in [0.1, 0.15) is 38.0 Å². The lowest BCUT2D eigenvalue weighted by Crippen LogP contribution is -2.34. The Kier molecular flexibility index (Phi) is 4.84. The Morgan fingerprint density at radius 3 is 2.44 bits per heavy atom. The van der Waals surface area contributed by atoms with Crippen molar-refractivity contribution < 1.29 is 14.7 Å². The first-order valence-electron chi connectivity index (χ1n) is 5.89. The van der Waals surface area contributed by atoms with Gasteiger partial charge in [-0.1, -0.05) is 13.8 Å². The first-order chi connectivity index (χ1) is 8.43. The average Bonchev–Trinajstić information content (AvgIpc) is 2.71. The van der Waals surface area contributed by atoms with Gasteiger partial charge in [-0.25, -0.2) is 4.98 Å². The Morgan fingerprint density at radius 2 is 2.06 bits per heavy atom. The minimum atomic E-state index is -0.976. The fourth-order valence-electron chi connectivity index (χ4n) is 1.76. The smallest absolute Gasteiger partial charge is 0.310 e. The predicted molar refractivity (Wildman–Crippen MR) is 70.7 cm³/mol. The second-order valence-corrected chi connectivity index (χ2v) is 5.53. The summed E-state index contributed by atoms with van der Waals surface area (Å²) in [6.07, 6.45) is 2.52. The Morgan fingerprint density at radius 1 is 1.44 bits per heavy atom. The number of rotatable bonds is 6. The highest BCUT2D eigenvalue weighted by molar-refractivity contribution is 7.15. The number of aromatic nitrogens is 1. The van der Waals surface area contributed by atoms with Crippen LogP contribution in [0.3, 0.4) is 0 Å². The van der Waals surface area contributed by atoms with Crippen molar-refractivity contribution in [1.29, 1.82) is 0 Å². The zero-order chi connectivity index (χ0) is 13.8. The summed E-state index contributed by atoms with van der Waals surface area (Å²) in [5, 5.41) is 12.4. The molecule has 6 heteroatoms. The zero-order valence-corrected chi connectivity index (χ0v) is 11.6. The van der Waals surface area contributed by atoms with Gasteiger partial charge >= 0.3 is 5.97 Å². The number of hydrogen-bond donors (Lipinski definition) is 2. The third-order valence-electron chi connectivity index (χ3n) is 3.17. The van der Waals surface area contributed by atoms with E-state index in [1.165, 1.54) is 11.3 Å². The molecule has 0 atom stereocenters. The number of thiazole rings is 1. The summed E-state index contributed by atoms with van der Waals surface area (Å²) < 4.78 is 0. The second-order valence-electron chi connectivity index (χ2n) is 4.29. The third kappa shape index (κ3) is 3.29. The van der Waals surface area contributed by atoms with Crippen LogP contribution in [0.4, 0.5) is 5.13 Å². The molecule has 1 heterocycles. The van der Waals surface area contributed by atoms with Gasteiger partial charge in [-0.15, -0.1) is 11.3 Å². The van der Waals surface area contributed by atoms with Crippen molar-refractivity contribution in [2.75, 3.05) is 5.32 Å². The van der Waals surface area contributed by atoms with Crippen molar-refractivity contribution in [1.82, 2.24) is 4.98 Å². The monoisotopic (exact) mass is 270 g/mol. The maximum Gasteiger partial charge on any atom is 0.310 e. The molecule has 1 aromatic heterocycles. The summed E-state index contributed by atoms with van der Waals surface area (Å²) >= 11 is 1.38. The molecule has 1 amide bonds. The van der Waals surface area contributed by atoms with Gasteiger partial charge in [0.1, 0.15) is 0 Å². The average molecular weight is 270 g/mol. The fourth-order valence-corrected chi connectivity index (χ4v) is 2.44. The van der Waals surface area contributed by atoms with Crippen molar-refractivity contribution in [3.05, 3.63) is 11.1 Å². The zero-order valence-electron chi connectivity index (χ0n) is 10.8. The quantitative estimate of drug-likeness (QED) is 0.833. The topological polar surface area (TPSA) is 79.3 Å². The summed E-state index contributed by atoms with van der Waals surface area (Å²) in [5.74, 6) is -1.21. The molecule has 0 aliphatic carbocycles. The van der Waals surface area contributed by atoms with Crippen LogP contribution in [0.15, 0.2) is 6.20 Å². The molecule has 0 spiro atoms. The molecule has 0 aliphatic rings. The molecule has 1 aromatic rings. The molecule has 1 rings (SSSR count). The van der Waals surface area contributed by atoms with Gasteiger partial charge in [0, 0.05) is 17.5 Å². The first kappa shape index (κ1) is 14.6. The van der Waals surface area contributed by atoms with E-state index in [-0.39, 0.29) is 12.3 Å². The van der Waals surface area contributed by atoms with E-state index >= 15 is 0 Å². The number of amides is 1. The van der Waals surface area contributed by atoms with Gasteiger partial charge < -0.3 is 10.4 Å². The normalized spacial score (nSPS) is 11.3. The minimum Gasteiger partial charge on any atom is -0.481 e. The van der Waals surface area contributed by atoms with E-state index in [9.17, 15) is 14.7 Å². The van der Waals surface area contributed by atoms with E-state index in [2.05, 4.69) is 10.3 Å². The summed E-state index contributed by atoms with van der Waals surface area (Å²) in [4.78, 5) is 28.2. The molecule has 5 nitrogen and oxygen atoms in total. The van der Waals surface area contributed by atoms with Crippen molar-refractivity contribution in [3.8, 4) is 0 Å². The van der Waals surface area contributed by atoms with Crippen LogP contribution in [0.25, 0.3) is 0 Å². The van der Waals surface area contributed by atoms with Gasteiger partial charge in [0.25, 0.3) is 0 Å². The van der Waals surface area contributed by atoms with E-state index in [4.69, 9.17) is 0 Å². The predicted octanol–water partition coefficient (Wildman–Crippen LogP) is 2.67. The highest BCUT2D eigenvalue weighted by Gasteiger charge is 2.37. The molecule has 0 aliphatic heterocycles. The summed E-state index contributed by atoms with van der Waals surface area (Å²) in [6.45, 7) is 5.48. The van der Waals surface area contributed by atoms with Crippen LogP contribution < -0.4 is 5.32 Å². The number of carboxylic acid groups (broad SMARTS) is 1. The number of carbonyl (C=O) groups is 2. The highest BCUT2D eigenvalue weighted by Crippen LogP contribution is 2.31. The summed E-state index contributed by atoms with van der Waals surface area (Å²) in [5.41, 5.74) is -0.976. The fraction of sp³-hybridized carbons (Fsp3) is 0.583. The number of aliphatic carboxylic acids is 1. The molecular weight excluding hydrogens is 252 g/mol. The van der Waals surface area contributed by atoms with Crippen LogP contribution in [-0.4, -0.2) is 22.0 Å². The van der Waals surface area contributed by atoms with Crippen molar-refractivity contribution in [3.63, 3.8) is 0 Å². The van der Waals surface area contributed by atoms with Gasteiger partial charge in [0.2, 0.25) is 5.91 Å². The SMILES string of the molecule is CCC(CC)(CC(=O)Nc1ncc(C)s1)C(=O)O. The van der Waals surface area contributed by atoms with Gasteiger partial charge in [-0.05, 0) is 19.8 Å². The van der Waals surface area contributed by atoms with Gasteiger partial charge in [0.15, 0.2) is 5.13 Å². The lowest BCUT2D eigenvalue weighted by atomic mass is 9.79. The molecule has 100 valence electrons. The van der Waals surface area contributed by atoms with E-state index in [1.807, 2.05) is 6.92 Å². The first-order valence-corrected chi connectivity index (χ1v) is 6.71. The number of anilines is 1. The van der Waals surface area contributed by atoms with E-state index in [0.717, 1.165) is 4.88 Å². The lowest BCUT2D eigenvalue weighted by molar-refractivity contribution is -0.151. The maximum absolute atomic E-state index is 11.9. The van der Waals surface area contributed by atoms with Crippen molar-refractivity contribution in [2.45, 2.75) is 40.0 Å².